The molecule has 0 bridgehead atoms. The van der Waals surface area contributed by atoms with Crippen LogP contribution in [0.1, 0.15) is 11.1 Å². The standard InChI is InChI=1S/C17H14N2O/c1-12-4-6-13(7-5-12)11-19-15-8-9-16(20)17-14(15)3-2-10-18-17/h2-11,20H,1H3. The number of fused-ring (bicyclic) bond motifs is 1. The maximum Gasteiger partial charge on any atom is 0.141 e. The van der Waals surface area contributed by atoms with Gasteiger partial charge in [0, 0.05) is 17.8 Å². The third-order valence-corrected chi connectivity index (χ3v) is 3.16. The van der Waals surface area contributed by atoms with Crippen LogP contribution in [-0.2, 0) is 0 Å². The molecule has 0 saturated carbocycles. The third-order valence-electron chi connectivity index (χ3n) is 3.16. The Morgan fingerprint density at radius 1 is 1.05 bits per heavy atom. The van der Waals surface area contributed by atoms with Crippen molar-refractivity contribution in [1.29, 1.82) is 0 Å². The van der Waals surface area contributed by atoms with E-state index in [2.05, 4.69) is 29.0 Å². The molecule has 3 aromatic rings. The molecule has 0 radical (unpaired) electrons. The molecule has 0 spiro atoms. The maximum absolute atomic E-state index is 9.80. The van der Waals surface area contributed by atoms with E-state index in [4.69, 9.17) is 0 Å². The first-order valence-electron chi connectivity index (χ1n) is 6.41. The molecule has 0 aliphatic carbocycles. The molecule has 20 heavy (non-hydrogen) atoms. The summed E-state index contributed by atoms with van der Waals surface area (Å²) in [6.07, 6.45) is 3.48. The fraction of sp³-hybridized carbons (Fsp3) is 0.0588. The molecule has 1 heterocycles. The van der Waals surface area contributed by atoms with Gasteiger partial charge in [-0.1, -0.05) is 29.8 Å². The minimum absolute atomic E-state index is 0.176. The average molecular weight is 262 g/mol. The Hall–Kier alpha value is -2.68. The highest BCUT2D eigenvalue weighted by atomic mass is 16.3. The van der Waals surface area contributed by atoms with Crippen molar-refractivity contribution in [2.45, 2.75) is 6.92 Å². The molecule has 0 saturated heterocycles. The van der Waals surface area contributed by atoms with Crippen LogP contribution < -0.4 is 0 Å². The van der Waals surface area contributed by atoms with Gasteiger partial charge in [-0.15, -0.1) is 0 Å². The van der Waals surface area contributed by atoms with Gasteiger partial charge in [0.15, 0.2) is 0 Å². The van der Waals surface area contributed by atoms with E-state index in [1.54, 1.807) is 18.3 Å². The lowest BCUT2D eigenvalue weighted by atomic mass is 10.1. The molecule has 0 unspecified atom stereocenters. The van der Waals surface area contributed by atoms with Gasteiger partial charge in [-0.05, 0) is 36.8 Å². The van der Waals surface area contributed by atoms with Crippen LogP contribution in [0, 0.1) is 6.92 Å². The number of hydrogen-bond donors (Lipinski definition) is 1. The van der Waals surface area contributed by atoms with Crippen LogP contribution in [0.3, 0.4) is 0 Å². The number of aromatic hydroxyl groups is 1. The Labute approximate surface area is 117 Å². The average Bonchev–Trinajstić information content (AvgIpc) is 2.49. The van der Waals surface area contributed by atoms with Crippen LogP contribution in [0.15, 0.2) is 59.7 Å². The van der Waals surface area contributed by atoms with Crippen molar-refractivity contribution in [3.63, 3.8) is 0 Å². The summed E-state index contributed by atoms with van der Waals surface area (Å²) in [5, 5.41) is 10.6. The van der Waals surface area contributed by atoms with Crippen LogP contribution in [-0.4, -0.2) is 16.3 Å². The highest BCUT2D eigenvalue weighted by Gasteiger charge is 2.04. The van der Waals surface area contributed by atoms with Crippen LogP contribution in [0.2, 0.25) is 0 Å². The second-order valence-electron chi connectivity index (χ2n) is 4.67. The Morgan fingerprint density at radius 2 is 1.85 bits per heavy atom. The zero-order chi connectivity index (χ0) is 13.9. The fourth-order valence-electron chi connectivity index (χ4n) is 2.05. The lowest BCUT2D eigenvalue weighted by Gasteiger charge is -2.03. The first-order valence-corrected chi connectivity index (χ1v) is 6.41. The van der Waals surface area contributed by atoms with Gasteiger partial charge in [0.25, 0.3) is 0 Å². The summed E-state index contributed by atoms with van der Waals surface area (Å²) < 4.78 is 0. The second-order valence-corrected chi connectivity index (χ2v) is 4.67. The molecular weight excluding hydrogens is 248 g/mol. The number of aliphatic imine (C=N–C) groups is 1. The molecule has 0 aliphatic heterocycles. The Balaban J connectivity index is 2.03. The number of phenols is 1. The third kappa shape index (κ3) is 2.38. The van der Waals surface area contributed by atoms with E-state index >= 15 is 0 Å². The Kier molecular flexibility index (Phi) is 3.17. The number of nitrogens with zero attached hydrogens (tertiary/aromatic N) is 2. The molecule has 1 aromatic heterocycles. The molecule has 0 amide bonds. The largest absolute Gasteiger partial charge is 0.506 e. The molecule has 98 valence electrons. The molecule has 0 atom stereocenters. The van der Waals surface area contributed by atoms with Crippen LogP contribution >= 0.6 is 0 Å². The Morgan fingerprint density at radius 3 is 2.65 bits per heavy atom. The second kappa shape index (κ2) is 5.13. The van der Waals surface area contributed by atoms with E-state index in [1.165, 1.54) is 5.56 Å². The molecule has 3 nitrogen and oxygen atoms in total. The van der Waals surface area contributed by atoms with E-state index in [0.717, 1.165) is 16.6 Å². The molecular formula is C17H14N2O. The van der Waals surface area contributed by atoms with E-state index in [1.807, 2.05) is 30.5 Å². The summed E-state index contributed by atoms with van der Waals surface area (Å²) in [7, 11) is 0. The summed E-state index contributed by atoms with van der Waals surface area (Å²) in [5.74, 6) is 0.176. The van der Waals surface area contributed by atoms with Crippen molar-refractivity contribution < 1.29 is 5.11 Å². The number of benzene rings is 2. The van der Waals surface area contributed by atoms with Crippen molar-refractivity contribution in [1.82, 2.24) is 4.98 Å². The number of rotatable bonds is 2. The zero-order valence-corrected chi connectivity index (χ0v) is 11.1. The first-order chi connectivity index (χ1) is 9.74. The number of pyridine rings is 1. The number of aryl methyl sites for hydroxylation is 1. The van der Waals surface area contributed by atoms with Gasteiger partial charge in [0.05, 0.1) is 5.69 Å². The summed E-state index contributed by atoms with van der Waals surface area (Å²) in [4.78, 5) is 8.68. The highest BCUT2D eigenvalue weighted by molar-refractivity contribution is 5.96. The molecule has 3 heteroatoms. The minimum Gasteiger partial charge on any atom is -0.506 e. The van der Waals surface area contributed by atoms with Crippen molar-refractivity contribution in [2.75, 3.05) is 0 Å². The lowest BCUT2D eigenvalue weighted by Crippen LogP contribution is -1.82. The van der Waals surface area contributed by atoms with E-state index in [-0.39, 0.29) is 5.75 Å². The van der Waals surface area contributed by atoms with Crippen molar-refractivity contribution in [2.24, 2.45) is 4.99 Å². The maximum atomic E-state index is 9.80. The van der Waals surface area contributed by atoms with Crippen LogP contribution in [0.25, 0.3) is 10.9 Å². The van der Waals surface area contributed by atoms with Gasteiger partial charge < -0.3 is 5.11 Å². The molecule has 1 N–H and O–H groups in total. The number of hydrogen-bond acceptors (Lipinski definition) is 3. The van der Waals surface area contributed by atoms with E-state index < -0.39 is 0 Å². The van der Waals surface area contributed by atoms with Crippen molar-refractivity contribution in [3.8, 4) is 5.75 Å². The monoisotopic (exact) mass is 262 g/mol. The summed E-state index contributed by atoms with van der Waals surface area (Å²) >= 11 is 0. The van der Waals surface area contributed by atoms with Crippen LogP contribution in [0.4, 0.5) is 5.69 Å². The predicted molar refractivity (Wildman–Crippen MR) is 81.8 cm³/mol. The van der Waals surface area contributed by atoms with E-state index in [9.17, 15) is 5.11 Å². The Bertz CT molecular complexity index is 777. The summed E-state index contributed by atoms with van der Waals surface area (Å²) in [6.45, 7) is 2.06. The van der Waals surface area contributed by atoms with Gasteiger partial charge in [-0.3, -0.25) is 9.98 Å². The van der Waals surface area contributed by atoms with Gasteiger partial charge in [0.1, 0.15) is 11.3 Å². The van der Waals surface area contributed by atoms with Gasteiger partial charge in [-0.25, -0.2) is 0 Å². The number of aromatic nitrogens is 1. The quantitative estimate of drug-likeness (QED) is 0.709. The van der Waals surface area contributed by atoms with Gasteiger partial charge in [0.2, 0.25) is 0 Å². The topological polar surface area (TPSA) is 45.5 Å². The summed E-state index contributed by atoms with van der Waals surface area (Å²) in [6, 6.07) is 15.3. The number of phenolic OH excluding ortho intramolecular Hbond substituents is 1. The van der Waals surface area contributed by atoms with Crippen molar-refractivity contribution >= 4 is 22.8 Å². The predicted octanol–water partition coefficient (Wildman–Crippen LogP) is 4.00. The SMILES string of the molecule is Cc1ccc(C=Nc2ccc(O)c3ncccc23)cc1. The smallest absolute Gasteiger partial charge is 0.141 e. The van der Waals surface area contributed by atoms with Crippen molar-refractivity contribution in [3.05, 3.63) is 65.9 Å². The zero-order valence-electron chi connectivity index (χ0n) is 11.1. The molecule has 0 aliphatic rings. The summed E-state index contributed by atoms with van der Waals surface area (Å²) in [5.41, 5.74) is 3.64. The van der Waals surface area contributed by atoms with Crippen LogP contribution in [0.5, 0.6) is 5.75 Å². The molecule has 2 aromatic carbocycles. The fourth-order valence-corrected chi connectivity index (χ4v) is 2.05. The van der Waals surface area contributed by atoms with Gasteiger partial charge in [-0.2, -0.15) is 0 Å². The lowest BCUT2D eigenvalue weighted by molar-refractivity contribution is 0.480. The van der Waals surface area contributed by atoms with E-state index in [0.29, 0.717) is 5.52 Å². The molecule has 0 fully saturated rings. The van der Waals surface area contributed by atoms with Gasteiger partial charge >= 0.3 is 0 Å². The first kappa shape index (κ1) is 12.4. The normalized spacial score (nSPS) is 11.2. The highest BCUT2D eigenvalue weighted by Crippen LogP contribution is 2.30. The minimum atomic E-state index is 0.176. The molecule has 3 rings (SSSR count).